The molecule has 1 unspecified atom stereocenters. The Morgan fingerprint density at radius 2 is 2.06 bits per heavy atom. The van der Waals surface area contributed by atoms with Crippen LogP contribution < -0.4 is 0 Å². The SMILES string of the molecule is O=C(O)CC1(CS(=O)Cc2ccccc2Cl)CC1. The lowest BCUT2D eigenvalue weighted by molar-refractivity contribution is -0.138. The van der Waals surface area contributed by atoms with Crippen LogP contribution in [0.15, 0.2) is 24.3 Å². The van der Waals surface area contributed by atoms with Crippen molar-refractivity contribution in [1.82, 2.24) is 0 Å². The van der Waals surface area contributed by atoms with Crippen LogP contribution in [0.2, 0.25) is 5.02 Å². The molecule has 0 bridgehead atoms. The Kier molecular flexibility index (Phi) is 4.07. The summed E-state index contributed by atoms with van der Waals surface area (Å²) in [7, 11) is -1.05. The van der Waals surface area contributed by atoms with Crippen molar-refractivity contribution in [1.29, 1.82) is 0 Å². The molecule has 1 N–H and O–H groups in total. The molecule has 2 rings (SSSR count). The van der Waals surface area contributed by atoms with Crippen molar-refractivity contribution in [3.63, 3.8) is 0 Å². The van der Waals surface area contributed by atoms with Crippen molar-refractivity contribution in [2.75, 3.05) is 5.75 Å². The lowest BCUT2D eigenvalue weighted by Crippen LogP contribution is -2.17. The van der Waals surface area contributed by atoms with Gasteiger partial charge in [-0.2, -0.15) is 0 Å². The zero-order chi connectivity index (χ0) is 13.2. The summed E-state index contributed by atoms with van der Waals surface area (Å²) in [5, 5.41) is 9.44. The van der Waals surface area contributed by atoms with Gasteiger partial charge in [-0.05, 0) is 29.9 Å². The molecule has 1 saturated carbocycles. The van der Waals surface area contributed by atoms with Crippen LogP contribution in [0.25, 0.3) is 0 Å². The van der Waals surface area contributed by atoms with Crippen molar-refractivity contribution >= 4 is 28.4 Å². The minimum atomic E-state index is -1.05. The predicted octanol–water partition coefficient (Wildman–Crippen LogP) is 2.84. The van der Waals surface area contributed by atoms with Crippen LogP contribution in [-0.2, 0) is 21.3 Å². The van der Waals surface area contributed by atoms with Gasteiger partial charge in [0, 0.05) is 21.6 Å². The topological polar surface area (TPSA) is 54.4 Å². The third kappa shape index (κ3) is 3.56. The number of carboxylic acids is 1. The molecule has 0 radical (unpaired) electrons. The quantitative estimate of drug-likeness (QED) is 0.875. The van der Waals surface area contributed by atoms with Crippen LogP contribution >= 0.6 is 11.6 Å². The molecule has 1 aliphatic rings. The van der Waals surface area contributed by atoms with E-state index in [1.54, 1.807) is 6.07 Å². The summed E-state index contributed by atoms with van der Waals surface area (Å²) < 4.78 is 12.1. The van der Waals surface area contributed by atoms with Gasteiger partial charge in [0.05, 0.1) is 12.2 Å². The number of carbonyl (C=O) groups is 1. The highest BCUT2D eigenvalue weighted by atomic mass is 35.5. The van der Waals surface area contributed by atoms with Gasteiger partial charge in [-0.1, -0.05) is 29.8 Å². The van der Waals surface area contributed by atoms with Crippen molar-refractivity contribution < 1.29 is 14.1 Å². The Labute approximate surface area is 114 Å². The van der Waals surface area contributed by atoms with Gasteiger partial charge in [0.25, 0.3) is 0 Å². The maximum atomic E-state index is 12.1. The normalized spacial score (nSPS) is 18.3. The highest BCUT2D eigenvalue weighted by molar-refractivity contribution is 7.84. The summed E-state index contributed by atoms with van der Waals surface area (Å²) in [6.45, 7) is 0. The molecule has 0 aromatic heterocycles. The molecule has 1 aromatic carbocycles. The van der Waals surface area contributed by atoms with Gasteiger partial charge >= 0.3 is 5.97 Å². The maximum absolute atomic E-state index is 12.1. The zero-order valence-corrected chi connectivity index (χ0v) is 11.5. The van der Waals surface area contributed by atoms with Gasteiger partial charge in [0.1, 0.15) is 0 Å². The molecule has 3 nitrogen and oxygen atoms in total. The minimum absolute atomic E-state index is 0.126. The number of hydrogen-bond acceptors (Lipinski definition) is 2. The first-order chi connectivity index (χ1) is 8.51. The number of rotatable bonds is 6. The Balaban J connectivity index is 1.94. The summed E-state index contributed by atoms with van der Waals surface area (Å²) in [6.07, 6.45) is 1.86. The largest absolute Gasteiger partial charge is 0.481 e. The van der Waals surface area contributed by atoms with E-state index in [1.165, 1.54) is 0 Å². The first-order valence-corrected chi connectivity index (χ1v) is 7.68. The monoisotopic (exact) mass is 286 g/mol. The summed E-state index contributed by atoms with van der Waals surface area (Å²) in [6, 6.07) is 7.33. The average Bonchev–Trinajstić information content (AvgIpc) is 3.00. The first kappa shape index (κ1) is 13.6. The molecule has 18 heavy (non-hydrogen) atoms. The molecule has 0 aliphatic heterocycles. The second-order valence-corrected chi connectivity index (χ2v) is 6.75. The second-order valence-electron chi connectivity index (χ2n) is 4.89. The predicted molar refractivity (Wildman–Crippen MR) is 72.1 cm³/mol. The third-order valence-electron chi connectivity index (χ3n) is 3.22. The van der Waals surface area contributed by atoms with Gasteiger partial charge in [0.2, 0.25) is 0 Å². The van der Waals surface area contributed by atoms with E-state index >= 15 is 0 Å². The van der Waals surface area contributed by atoms with E-state index in [9.17, 15) is 9.00 Å². The third-order valence-corrected chi connectivity index (χ3v) is 5.16. The van der Waals surface area contributed by atoms with Crippen LogP contribution in [0.1, 0.15) is 24.8 Å². The number of benzene rings is 1. The van der Waals surface area contributed by atoms with E-state index in [0.29, 0.717) is 16.5 Å². The Morgan fingerprint density at radius 1 is 1.39 bits per heavy atom. The fourth-order valence-electron chi connectivity index (χ4n) is 2.05. The fraction of sp³-hybridized carbons (Fsp3) is 0.462. The van der Waals surface area contributed by atoms with E-state index in [2.05, 4.69) is 0 Å². The van der Waals surface area contributed by atoms with Gasteiger partial charge in [-0.3, -0.25) is 9.00 Å². The Hall–Kier alpha value is -0.870. The van der Waals surface area contributed by atoms with Gasteiger partial charge in [-0.15, -0.1) is 0 Å². The van der Waals surface area contributed by atoms with Crippen LogP contribution in [0, 0.1) is 5.41 Å². The van der Waals surface area contributed by atoms with Crippen molar-refractivity contribution in [3.8, 4) is 0 Å². The van der Waals surface area contributed by atoms with Crippen LogP contribution in [0.5, 0.6) is 0 Å². The molecule has 0 saturated heterocycles. The lowest BCUT2D eigenvalue weighted by atomic mass is 10.1. The van der Waals surface area contributed by atoms with Crippen LogP contribution in [-0.4, -0.2) is 21.0 Å². The first-order valence-electron chi connectivity index (χ1n) is 5.81. The Bertz CT molecular complexity index is 483. The molecular formula is C13H15ClO3S. The van der Waals surface area contributed by atoms with E-state index < -0.39 is 16.8 Å². The number of hydrogen-bond donors (Lipinski definition) is 1. The van der Waals surface area contributed by atoms with Gasteiger partial charge < -0.3 is 5.11 Å². The standard InChI is InChI=1S/C13H15ClO3S/c14-11-4-2-1-3-10(11)8-18(17)9-13(5-6-13)7-12(15)16/h1-4H,5-9H2,(H,15,16). The summed E-state index contributed by atoms with van der Waals surface area (Å²) in [5.74, 6) is 0.0632. The molecule has 5 heteroatoms. The van der Waals surface area contributed by atoms with Gasteiger partial charge in [0.15, 0.2) is 0 Å². The zero-order valence-electron chi connectivity index (χ0n) is 9.89. The van der Waals surface area contributed by atoms with E-state index in [0.717, 1.165) is 18.4 Å². The van der Waals surface area contributed by atoms with E-state index in [-0.39, 0.29) is 11.8 Å². The highest BCUT2D eigenvalue weighted by Crippen LogP contribution is 2.49. The van der Waals surface area contributed by atoms with Gasteiger partial charge in [-0.25, -0.2) is 0 Å². The van der Waals surface area contributed by atoms with Crippen molar-refractivity contribution in [2.45, 2.75) is 25.0 Å². The van der Waals surface area contributed by atoms with Crippen molar-refractivity contribution in [3.05, 3.63) is 34.9 Å². The fourth-order valence-corrected chi connectivity index (χ4v) is 4.11. The summed E-state index contributed by atoms with van der Waals surface area (Å²) in [4.78, 5) is 10.7. The molecule has 1 atom stereocenters. The smallest absolute Gasteiger partial charge is 0.303 e. The molecule has 1 fully saturated rings. The molecule has 1 aromatic rings. The van der Waals surface area contributed by atoms with E-state index in [1.807, 2.05) is 18.2 Å². The molecule has 98 valence electrons. The van der Waals surface area contributed by atoms with Crippen LogP contribution in [0.4, 0.5) is 0 Å². The molecule has 0 amide bonds. The number of aliphatic carboxylic acids is 1. The van der Waals surface area contributed by atoms with E-state index in [4.69, 9.17) is 16.7 Å². The summed E-state index contributed by atoms with van der Waals surface area (Å²) >= 11 is 6.01. The molecular weight excluding hydrogens is 272 g/mol. The maximum Gasteiger partial charge on any atom is 0.303 e. The Morgan fingerprint density at radius 3 is 2.61 bits per heavy atom. The van der Waals surface area contributed by atoms with Crippen LogP contribution in [0.3, 0.4) is 0 Å². The molecule has 0 heterocycles. The average molecular weight is 287 g/mol. The number of carboxylic acid groups (broad SMARTS) is 1. The van der Waals surface area contributed by atoms with Crippen molar-refractivity contribution in [2.24, 2.45) is 5.41 Å². The molecule has 0 spiro atoms. The second kappa shape index (κ2) is 5.41. The number of halogens is 1. The summed E-state index contributed by atoms with van der Waals surface area (Å²) in [5.41, 5.74) is 0.640. The minimum Gasteiger partial charge on any atom is -0.481 e. The lowest BCUT2D eigenvalue weighted by Gasteiger charge is -2.12. The highest BCUT2D eigenvalue weighted by Gasteiger charge is 2.45. The molecule has 1 aliphatic carbocycles.